The molecule has 0 spiro atoms. The molecule has 0 radical (unpaired) electrons. The van der Waals surface area contributed by atoms with Gasteiger partial charge in [-0.2, -0.15) is 0 Å². The second-order valence-electron chi connectivity index (χ2n) is 9.49. The van der Waals surface area contributed by atoms with E-state index >= 15 is 0 Å². The predicted octanol–water partition coefficient (Wildman–Crippen LogP) is 3.75. The molecule has 1 fully saturated rings. The average molecular weight is 465 g/mol. The SMILES string of the molecule is CCN(c1cccc2c1C/C=C/C(CO)CC1=C(CNC2=O)C(=O)CC(C)=C1)C1CCOCC1. The number of aliphatic hydroxyl groups excluding tert-OH is 1. The Kier molecular flexibility index (Phi) is 8.01. The summed E-state index contributed by atoms with van der Waals surface area (Å²) in [5.74, 6) is -0.180. The third kappa shape index (κ3) is 5.34. The van der Waals surface area contributed by atoms with Crippen molar-refractivity contribution in [1.29, 1.82) is 0 Å². The van der Waals surface area contributed by atoms with Crippen molar-refractivity contribution in [2.45, 2.75) is 52.0 Å². The van der Waals surface area contributed by atoms with Crippen molar-refractivity contribution in [3.05, 3.63) is 64.3 Å². The van der Waals surface area contributed by atoms with E-state index in [0.29, 0.717) is 36.4 Å². The van der Waals surface area contributed by atoms with Gasteiger partial charge in [-0.1, -0.05) is 29.9 Å². The van der Waals surface area contributed by atoms with E-state index in [-0.39, 0.29) is 30.8 Å². The maximum absolute atomic E-state index is 13.4. The van der Waals surface area contributed by atoms with Gasteiger partial charge in [0.25, 0.3) is 5.91 Å². The zero-order valence-electron chi connectivity index (χ0n) is 20.3. The molecule has 3 aliphatic rings. The highest BCUT2D eigenvalue weighted by atomic mass is 16.5. The highest BCUT2D eigenvalue weighted by molar-refractivity contribution is 6.02. The summed E-state index contributed by atoms with van der Waals surface area (Å²) in [5, 5.41) is 13.1. The number of benzene rings is 1. The van der Waals surface area contributed by atoms with Crippen LogP contribution in [0.2, 0.25) is 0 Å². The Labute approximate surface area is 202 Å². The third-order valence-corrected chi connectivity index (χ3v) is 7.13. The van der Waals surface area contributed by atoms with Crippen LogP contribution in [0, 0.1) is 5.92 Å². The Hall–Kier alpha value is -2.70. The number of nitrogens with one attached hydrogen (secondary N) is 1. The number of hydrogen-bond donors (Lipinski definition) is 2. The number of Topliss-reactive ketones (excluding diaryl/α,β-unsaturated/α-hetero) is 1. The molecule has 1 unspecified atom stereocenters. The molecule has 6 heteroatoms. The Bertz CT molecular complexity index is 1020. The van der Waals surface area contributed by atoms with E-state index in [1.165, 1.54) is 0 Å². The van der Waals surface area contributed by atoms with E-state index < -0.39 is 0 Å². The number of carbonyl (C=O) groups excluding carboxylic acids is 2. The van der Waals surface area contributed by atoms with E-state index in [1.807, 2.05) is 31.2 Å². The summed E-state index contributed by atoms with van der Waals surface area (Å²) in [5.41, 5.74) is 5.31. The quantitative estimate of drug-likeness (QED) is 0.664. The molecule has 6 nitrogen and oxygen atoms in total. The standard InChI is InChI=1S/C28H36N2O4/c1-3-30(22-10-12-34-13-11-22)26-9-5-8-24-23(26)7-4-6-20(18-31)16-21-14-19(2)15-27(32)25(21)17-29-28(24)33/h4-6,8-9,14,20,22,31H,3,7,10-13,15-18H2,1-2H3,(H,29,33)/b6-4+. The molecular weight excluding hydrogens is 428 g/mol. The van der Waals surface area contributed by atoms with Gasteiger partial charge in [-0.25, -0.2) is 0 Å². The predicted molar refractivity (Wildman–Crippen MR) is 134 cm³/mol. The van der Waals surface area contributed by atoms with E-state index in [9.17, 15) is 14.7 Å². The number of rotatable bonds is 4. The van der Waals surface area contributed by atoms with Crippen LogP contribution in [-0.4, -0.2) is 55.7 Å². The molecule has 2 heterocycles. The number of allylic oxidation sites excluding steroid dienone is 4. The number of anilines is 1. The monoisotopic (exact) mass is 464 g/mol. The molecule has 2 aliphatic heterocycles. The first-order chi connectivity index (χ1) is 16.5. The van der Waals surface area contributed by atoms with Crippen LogP contribution in [0.25, 0.3) is 0 Å². The van der Waals surface area contributed by atoms with Crippen LogP contribution in [0.3, 0.4) is 0 Å². The first-order valence-electron chi connectivity index (χ1n) is 12.5. The summed E-state index contributed by atoms with van der Waals surface area (Å²) in [6.07, 6.45) is 9.66. The second-order valence-corrected chi connectivity index (χ2v) is 9.49. The molecule has 0 bridgehead atoms. The van der Waals surface area contributed by atoms with Crippen molar-refractivity contribution in [1.82, 2.24) is 5.32 Å². The molecule has 1 saturated heterocycles. The zero-order chi connectivity index (χ0) is 24.1. The number of carbonyl (C=O) groups is 2. The normalized spacial score (nSPS) is 23.1. The topological polar surface area (TPSA) is 78.9 Å². The fourth-order valence-electron chi connectivity index (χ4n) is 5.38. The lowest BCUT2D eigenvalue weighted by molar-refractivity contribution is -0.115. The van der Waals surface area contributed by atoms with Crippen LogP contribution in [0.5, 0.6) is 0 Å². The lowest BCUT2D eigenvalue weighted by atomic mass is 9.86. The number of nitrogens with zero attached hydrogens (tertiary/aromatic N) is 1. The summed E-state index contributed by atoms with van der Waals surface area (Å²) in [6, 6.07) is 6.31. The Morgan fingerprint density at radius 2 is 2.00 bits per heavy atom. The fraction of sp³-hybridized carbons (Fsp3) is 0.500. The lowest BCUT2D eigenvalue weighted by Gasteiger charge is -2.37. The smallest absolute Gasteiger partial charge is 0.251 e. The van der Waals surface area contributed by atoms with Gasteiger partial charge in [0, 0.05) is 68.1 Å². The Morgan fingerprint density at radius 1 is 1.21 bits per heavy atom. The molecule has 1 aliphatic carbocycles. The minimum atomic E-state index is -0.154. The average Bonchev–Trinajstić information content (AvgIpc) is 2.83. The number of aliphatic hydroxyl groups is 1. The molecule has 0 saturated carbocycles. The highest BCUT2D eigenvalue weighted by Crippen LogP contribution is 2.31. The molecular formula is C28H36N2O4. The second kappa shape index (κ2) is 11.2. The number of fused-ring (bicyclic) bond motifs is 1. The van der Waals surface area contributed by atoms with Crippen LogP contribution in [0.15, 0.2) is 53.1 Å². The number of ketones is 1. The van der Waals surface area contributed by atoms with Crippen LogP contribution in [0.1, 0.15) is 55.5 Å². The van der Waals surface area contributed by atoms with Gasteiger partial charge in [-0.05, 0) is 62.8 Å². The third-order valence-electron chi connectivity index (χ3n) is 7.13. The molecule has 2 N–H and O–H groups in total. The van der Waals surface area contributed by atoms with Crippen molar-refractivity contribution in [2.75, 3.05) is 37.8 Å². The zero-order valence-corrected chi connectivity index (χ0v) is 20.3. The van der Waals surface area contributed by atoms with Crippen LogP contribution < -0.4 is 10.2 Å². The summed E-state index contributed by atoms with van der Waals surface area (Å²) < 4.78 is 5.57. The van der Waals surface area contributed by atoms with Gasteiger partial charge in [0.05, 0.1) is 0 Å². The van der Waals surface area contributed by atoms with E-state index in [0.717, 1.165) is 55.0 Å². The Morgan fingerprint density at radius 3 is 2.74 bits per heavy atom. The van der Waals surface area contributed by atoms with Crippen LogP contribution >= 0.6 is 0 Å². The maximum atomic E-state index is 13.4. The van der Waals surface area contributed by atoms with E-state index in [2.05, 4.69) is 29.3 Å². The summed E-state index contributed by atoms with van der Waals surface area (Å²) in [6.45, 7) is 6.69. The molecule has 1 aromatic carbocycles. The van der Waals surface area contributed by atoms with Gasteiger partial charge >= 0.3 is 0 Å². The van der Waals surface area contributed by atoms with Crippen molar-refractivity contribution in [2.24, 2.45) is 5.92 Å². The van der Waals surface area contributed by atoms with Crippen LogP contribution in [0.4, 0.5) is 5.69 Å². The van der Waals surface area contributed by atoms with Crippen molar-refractivity contribution in [3.63, 3.8) is 0 Å². The number of amides is 1. The summed E-state index contributed by atoms with van der Waals surface area (Å²) >= 11 is 0. The lowest BCUT2D eigenvalue weighted by Crippen LogP contribution is -2.40. The molecule has 1 aromatic rings. The molecule has 1 atom stereocenters. The minimum Gasteiger partial charge on any atom is -0.396 e. The van der Waals surface area contributed by atoms with Gasteiger partial charge in [0.1, 0.15) is 0 Å². The largest absolute Gasteiger partial charge is 0.396 e. The van der Waals surface area contributed by atoms with Gasteiger partial charge < -0.3 is 20.1 Å². The number of ether oxygens (including phenoxy) is 1. The summed E-state index contributed by atoms with van der Waals surface area (Å²) in [4.78, 5) is 28.6. The van der Waals surface area contributed by atoms with E-state index in [4.69, 9.17) is 4.74 Å². The minimum absolute atomic E-state index is 0.0123. The van der Waals surface area contributed by atoms with E-state index in [1.54, 1.807) is 0 Å². The summed E-state index contributed by atoms with van der Waals surface area (Å²) in [7, 11) is 0. The van der Waals surface area contributed by atoms with Gasteiger partial charge in [0.15, 0.2) is 5.78 Å². The number of hydrogen-bond acceptors (Lipinski definition) is 5. The fourth-order valence-corrected chi connectivity index (χ4v) is 5.38. The van der Waals surface area contributed by atoms with Crippen molar-refractivity contribution < 1.29 is 19.4 Å². The first kappa shape index (κ1) is 24.4. The van der Waals surface area contributed by atoms with Crippen molar-refractivity contribution >= 4 is 17.4 Å². The molecule has 182 valence electrons. The van der Waals surface area contributed by atoms with Gasteiger partial charge in [0.2, 0.25) is 0 Å². The van der Waals surface area contributed by atoms with Gasteiger partial charge in [-0.3, -0.25) is 9.59 Å². The molecule has 4 rings (SSSR count). The Balaban J connectivity index is 1.73. The molecule has 1 amide bonds. The van der Waals surface area contributed by atoms with Gasteiger partial charge in [-0.15, -0.1) is 0 Å². The van der Waals surface area contributed by atoms with Crippen LogP contribution in [-0.2, 0) is 16.0 Å². The first-order valence-corrected chi connectivity index (χ1v) is 12.5. The molecule has 0 aromatic heterocycles. The van der Waals surface area contributed by atoms with Crippen molar-refractivity contribution in [3.8, 4) is 0 Å². The molecule has 34 heavy (non-hydrogen) atoms. The maximum Gasteiger partial charge on any atom is 0.251 e. The highest BCUT2D eigenvalue weighted by Gasteiger charge is 2.26.